The van der Waals surface area contributed by atoms with Gasteiger partial charge in [-0.05, 0) is 104 Å². The van der Waals surface area contributed by atoms with Crippen LogP contribution in [0.2, 0.25) is 0 Å². The van der Waals surface area contributed by atoms with E-state index < -0.39 is 0 Å². The van der Waals surface area contributed by atoms with Crippen LogP contribution in [0.4, 0.5) is 0 Å². The fraction of sp³-hybridized carbons (Fsp3) is 0.688. The van der Waals surface area contributed by atoms with Crippen LogP contribution in [0.15, 0.2) is 42.6 Å². The number of unbranched alkanes of at least 4 members (excludes halogenated alkanes) is 32. The fourth-order valence-corrected chi connectivity index (χ4v) is 18.0. The molecule has 0 aromatic heterocycles. The lowest BCUT2D eigenvalue weighted by molar-refractivity contribution is 0.0932. The van der Waals surface area contributed by atoms with Gasteiger partial charge in [-0.3, -0.25) is 0 Å². The van der Waals surface area contributed by atoms with Crippen molar-refractivity contribution in [1.82, 2.24) is 0 Å². The minimum atomic E-state index is -0.0671. The summed E-state index contributed by atoms with van der Waals surface area (Å²) in [5.74, 6) is 6.26. The summed E-state index contributed by atoms with van der Waals surface area (Å²) in [5.41, 5.74) is 9.54. The van der Waals surface area contributed by atoms with E-state index in [-0.39, 0.29) is 50.8 Å². The van der Waals surface area contributed by atoms with Gasteiger partial charge in [0.2, 0.25) is 27.2 Å². The molecular formula is C77H111Br3O8S. The molecular weight excluding hydrogens is 1320 g/mol. The molecule has 4 atom stereocenters. The molecule has 0 radical (unpaired) electrons. The minimum Gasteiger partial charge on any atom is -0.456 e. The van der Waals surface area contributed by atoms with Gasteiger partial charge in [-0.15, -0.1) is 11.8 Å². The second kappa shape index (κ2) is 37.8. The molecule has 8 bridgehead atoms. The molecule has 0 spiro atoms. The third kappa shape index (κ3) is 18.3. The first kappa shape index (κ1) is 70.4. The molecule has 12 heteroatoms. The molecule has 5 aliphatic rings. The topological polar surface area (TPSA) is 73.8 Å². The Kier molecular flexibility index (Phi) is 29.9. The highest BCUT2D eigenvalue weighted by Gasteiger charge is 2.41. The summed E-state index contributed by atoms with van der Waals surface area (Å²) in [6, 6.07) is 10.1. The van der Waals surface area contributed by atoms with E-state index in [1.54, 1.807) is 11.8 Å². The third-order valence-corrected chi connectivity index (χ3v) is 23.1. The van der Waals surface area contributed by atoms with Crippen molar-refractivity contribution in [2.75, 3.05) is 33.4 Å². The normalized spacial score (nSPS) is 17.6. The Morgan fingerprint density at radius 1 is 0.270 bits per heavy atom. The first-order chi connectivity index (χ1) is 43.8. The average Bonchev–Trinajstić information content (AvgIpc) is 0.761. The van der Waals surface area contributed by atoms with Gasteiger partial charge in [-0.2, -0.15) is 0 Å². The molecule has 4 aliphatic heterocycles. The zero-order valence-electron chi connectivity index (χ0n) is 55.5. The quantitative estimate of drug-likeness (QED) is 0.0319. The van der Waals surface area contributed by atoms with Crippen LogP contribution in [-0.2, 0) is 0 Å². The number of ether oxygens (including phenoxy) is 8. The van der Waals surface area contributed by atoms with E-state index in [4.69, 9.17) is 37.9 Å². The average molecular weight is 1440 g/mol. The lowest BCUT2D eigenvalue weighted by Gasteiger charge is -2.36. The van der Waals surface area contributed by atoms with Crippen molar-refractivity contribution in [1.29, 1.82) is 0 Å². The van der Waals surface area contributed by atoms with Gasteiger partial charge in [-0.25, -0.2) is 0 Å². The molecule has 9 rings (SSSR count). The van der Waals surface area contributed by atoms with Gasteiger partial charge in [0.1, 0.15) is 59.4 Å². The number of rotatable bonds is 41. The van der Waals surface area contributed by atoms with E-state index in [1.165, 1.54) is 250 Å². The Hall–Kier alpha value is -2.93. The lowest BCUT2D eigenvalue weighted by Crippen LogP contribution is -2.23. The second-order valence-corrected chi connectivity index (χ2v) is 29.8. The molecule has 4 unspecified atom stereocenters. The summed E-state index contributed by atoms with van der Waals surface area (Å²) in [6.45, 7) is 9.34. The van der Waals surface area contributed by atoms with Crippen LogP contribution in [0.5, 0.6) is 46.0 Å². The van der Waals surface area contributed by atoms with Crippen LogP contribution in [0.1, 0.15) is 353 Å². The van der Waals surface area contributed by atoms with Crippen LogP contribution in [0.25, 0.3) is 0 Å². The molecule has 0 N–H and O–H groups in total. The molecule has 0 saturated carbocycles. The van der Waals surface area contributed by atoms with Gasteiger partial charge in [0.25, 0.3) is 0 Å². The van der Waals surface area contributed by atoms with Crippen LogP contribution >= 0.6 is 59.6 Å². The number of hydrogen-bond acceptors (Lipinski definition) is 9. The van der Waals surface area contributed by atoms with Crippen molar-refractivity contribution in [3.8, 4) is 46.0 Å². The molecule has 0 saturated heterocycles. The van der Waals surface area contributed by atoms with E-state index in [0.717, 1.165) is 116 Å². The Morgan fingerprint density at radius 2 is 0.438 bits per heavy atom. The Labute approximate surface area is 568 Å². The first-order valence-electron chi connectivity index (χ1n) is 36.2. The maximum absolute atomic E-state index is 7.07. The summed E-state index contributed by atoms with van der Waals surface area (Å²) >= 11 is 14.5. The number of thioether (sulfide) groups is 1. The van der Waals surface area contributed by atoms with E-state index in [9.17, 15) is 0 Å². The molecule has 494 valence electrons. The van der Waals surface area contributed by atoms with Gasteiger partial charge in [-0.1, -0.05) is 259 Å². The first-order valence-corrected chi connectivity index (χ1v) is 39.8. The van der Waals surface area contributed by atoms with E-state index in [2.05, 4.69) is 106 Å². The SMILES string of the molecule is CCCCCCCCCCCC1c2cc3c4c(Br)c2OCOc2c1cc1c(c2Br)OCOc2c(cc5c(c2SC)OCOc2c(cc(c(c2Br)OCO4)C3CCCCCCCCCCC)C5CCCCCCCCCCC)C1CCCCCCCCCCC. The van der Waals surface area contributed by atoms with Crippen LogP contribution in [0, 0.1) is 0 Å². The monoisotopic (exact) mass is 1430 g/mol. The Bertz CT molecular complexity index is 2640. The molecule has 0 amide bonds. The zero-order valence-corrected chi connectivity index (χ0v) is 61.1. The predicted octanol–water partition coefficient (Wildman–Crippen LogP) is 26.1. The molecule has 0 fully saturated rings. The summed E-state index contributed by atoms with van der Waals surface area (Å²) in [6.07, 6.45) is 51.4. The Balaban J connectivity index is 1.25. The summed E-state index contributed by atoms with van der Waals surface area (Å²) in [7, 11) is 0. The van der Waals surface area contributed by atoms with E-state index in [0.29, 0.717) is 0 Å². The van der Waals surface area contributed by atoms with Crippen molar-refractivity contribution < 1.29 is 37.9 Å². The standard InChI is InChI=1S/C77H111Br3O8S/c1-6-10-14-18-22-26-30-34-38-42-54-58-46-59-55(43-39-35-31-27-23-19-15-11-7-2)61-48-63-57(45-41-37-33-29-25-21-17-13-9-4)65-49-64-56(44-40-36-32-28-24-20-16-12-8-3)62-47-60(54)71-67(79)73(62)85-52-87-75(64)77(89-5)76(65)88-53-86-74(63)68(80)72(61)84-51-82-70(59)66(78)69(58)81-50-83-71/h46-49,54-57H,6-45,50-53H2,1-5H3. The van der Waals surface area contributed by atoms with Crippen molar-refractivity contribution >= 4 is 59.6 Å². The van der Waals surface area contributed by atoms with E-state index >= 15 is 0 Å². The van der Waals surface area contributed by atoms with Crippen LogP contribution < -0.4 is 37.9 Å². The molecule has 4 aromatic rings. The van der Waals surface area contributed by atoms with Crippen molar-refractivity contribution in [2.24, 2.45) is 0 Å². The highest BCUT2D eigenvalue weighted by molar-refractivity contribution is 9.11. The largest absolute Gasteiger partial charge is 0.456 e. The minimum absolute atomic E-state index is 0.0184. The molecule has 4 heterocycles. The lowest BCUT2D eigenvalue weighted by atomic mass is 9.76. The third-order valence-electron chi connectivity index (χ3n) is 20.2. The van der Waals surface area contributed by atoms with Gasteiger partial charge >= 0.3 is 0 Å². The second-order valence-electron chi connectivity index (χ2n) is 26.6. The Morgan fingerprint density at radius 3 is 0.629 bits per heavy atom. The summed E-state index contributed by atoms with van der Waals surface area (Å²) in [5, 5.41) is 0. The van der Waals surface area contributed by atoms with Crippen molar-refractivity contribution in [3.63, 3.8) is 0 Å². The van der Waals surface area contributed by atoms with Crippen molar-refractivity contribution in [3.05, 3.63) is 82.2 Å². The molecule has 1 aliphatic carbocycles. The van der Waals surface area contributed by atoms with Crippen molar-refractivity contribution in [2.45, 2.75) is 313 Å². The van der Waals surface area contributed by atoms with Crippen LogP contribution in [0.3, 0.4) is 0 Å². The van der Waals surface area contributed by atoms with E-state index in [1.807, 2.05) is 0 Å². The molecule has 8 nitrogen and oxygen atoms in total. The smallest absolute Gasteiger partial charge is 0.231 e. The number of halogens is 3. The van der Waals surface area contributed by atoms with Crippen LogP contribution in [-0.4, -0.2) is 33.4 Å². The number of benzene rings is 4. The maximum atomic E-state index is 7.07. The maximum Gasteiger partial charge on any atom is 0.231 e. The summed E-state index contributed by atoms with van der Waals surface area (Å²) in [4.78, 5) is 1.02. The van der Waals surface area contributed by atoms with Gasteiger partial charge < -0.3 is 37.9 Å². The molecule has 4 aromatic carbocycles. The van der Waals surface area contributed by atoms with Gasteiger partial charge in [0, 0.05) is 68.2 Å². The predicted molar refractivity (Wildman–Crippen MR) is 380 cm³/mol. The highest BCUT2D eigenvalue weighted by Crippen LogP contribution is 2.61. The fourth-order valence-electron chi connectivity index (χ4n) is 15.2. The summed E-state index contributed by atoms with van der Waals surface area (Å²) < 4.78 is 58.5. The van der Waals surface area contributed by atoms with Gasteiger partial charge in [0.05, 0.1) is 4.90 Å². The zero-order chi connectivity index (χ0) is 62.2. The molecule has 89 heavy (non-hydrogen) atoms. The van der Waals surface area contributed by atoms with Gasteiger partial charge in [0.15, 0.2) is 0 Å². The number of hydrogen-bond donors (Lipinski definition) is 0. The highest BCUT2D eigenvalue weighted by atomic mass is 79.9.